The molecule has 1 heterocycles. The fraction of sp³-hybridized carbons (Fsp3) is 0.692. The van der Waals surface area contributed by atoms with Gasteiger partial charge in [-0.05, 0) is 32.3 Å². The molecule has 6 heteroatoms. The molecule has 1 aromatic rings. The van der Waals surface area contributed by atoms with Gasteiger partial charge in [0, 0.05) is 30.0 Å². The molecule has 1 atom stereocenters. The first kappa shape index (κ1) is 14.6. The number of nitrogens with zero attached hydrogens (tertiary/aromatic N) is 1. The van der Waals surface area contributed by atoms with E-state index in [1.165, 1.54) is 0 Å². The number of hydrogen-bond acceptors (Lipinski definition) is 3. The van der Waals surface area contributed by atoms with Crippen LogP contribution < -0.4 is 4.72 Å². The minimum absolute atomic E-state index is 0.0822. The molecule has 0 saturated heterocycles. The van der Waals surface area contributed by atoms with Crippen LogP contribution in [0.4, 0.5) is 0 Å². The zero-order chi connectivity index (χ0) is 14.0. The van der Waals surface area contributed by atoms with Crippen molar-refractivity contribution < 1.29 is 13.5 Å². The summed E-state index contributed by atoms with van der Waals surface area (Å²) >= 11 is 0. The van der Waals surface area contributed by atoms with Crippen LogP contribution in [0.2, 0.25) is 0 Å². The number of aliphatic hydroxyl groups excluding tert-OH is 1. The average Bonchev–Trinajstić information content (AvgIpc) is 2.64. The first-order valence-corrected chi connectivity index (χ1v) is 8.44. The van der Waals surface area contributed by atoms with Crippen LogP contribution in [0, 0.1) is 6.92 Å². The standard InChI is InChI=1S/C13H22N2O3S/c1-3-14-19(17,18)8-7-15-10(2)9-11-12(15)5-4-6-13(11)16/h9,13-14,16H,3-8H2,1-2H3. The smallest absolute Gasteiger partial charge is 0.213 e. The van der Waals surface area contributed by atoms with Gasteiger partial charge in [-0.2, -0.15) is 0 Å². The van der Waals surface area contributed by atoms with E-state index in [-0.39, 0.29) is 5.75 Å². The molecular weight excluding hydrogens is 264 g/mol. The number of fused-ring (bicyclic) bond motifs is 1. The molecule has 0 aromatic carbocycles. The predicted molar refractivity (Wildman–Crippen MR) is 74.5 cm³/mol. The van der Waals surface area contributed by atoms with E-state index in [0.717, 1.165) is 36.2 Å². The van der Waals surface area contributed by atoms with Crippen molar-refractivity contribution in [3.05, 3.63) is 23.0 Å². The third-order valence-corrected chi connectivity index (χ3v) is 5.10. The van der Waals surface area contributed by atoms with Gasteiger partial charge in [-0.1, -0.05) is 6.92 Å². The highest BCUT2D eigenvalue weighted by atomic mass is 32.2. The van der Waals surface area contributed by atoms with Crippen LogP contribution >= 0.6 is 0 Å². The van der Waals surface area contributed by atoms with Gasteiger partial charge < -0.3 is 9.67 Å². The highest BCUT2D eigenvalue weighted by molar-refractivity contribution is 7.89. The lowest BCUT2D eigenvalue weighted by atomic mass is 9.95. The van der Waals surface area contributed by atoms with Crippen LogP contribution in [0.3, 0.4) is 0 Å². The minimum atomic E-state index is -3.20. The fourth-order valence-corrected chi connectivity index (χ4v) is 3.76. The van der Waals surface area contributed by atoms with Gasteiger partial charge in [0.1, 0.15) is 0 Å². The Morgan fingerprint density at radius 2 is 2.26 bits per heavy atom. The van der Waals surface area contributed by atoms with Crippen LogP contribution in [0.15, 0.2) is 6.07 Å². The molecule has 0 saturated carbocycles. The number of nitrogens with one attached hydrogen (secondary N) is 1. The van der Waals surface area contributed by atoms with Gasteiger partial charge in [0.2, 0.25) is 10.0 Å². The number of hydrogen-bond donors (Lipinski definition) is 2. The summed E-state index contributed by atoms with van der Waals surface area (Å²) in [7, 11) is -3.20. The topological polar surface area (TPSA) is 71.3 Å². The quantitative estimate of drug-likeness (QED) is 0.851. The first-order chi connectivity index (χ1) is 8.94. The average molecular weight is 286 g/mol. The molecule has 1 unspecified atom stereocenters. The van der Waals surface area contributed by atoms with E-state index in [1.807, 2.05) is 17.6 Å². The Bertz CT molecular complexity index is 548. The summed E-state index contributed by atoms with van der Waals surface area (Å²) in [6.45, 7) is 4.61. The Morgan fingerprint density at radius 3 is 2.95 bits per heavy atom. The molecule has 1 aliphatic carbocycles. The van der Waals surface area contributed by atoms with E-state index < -0.39 is 16.1 Å². The molecule has 0 radical (unpaired) electrons. The van der Waals surface area contributed by atoms with Crippen molar-refractivity contribution in [3.63, 3.8) is 0 Å². The van der Waals surface area contributed by atoms with E-state index in [1.54, 1.807) is 6.92 Å². The Balaban J connectivity index is 2.18. The molecule has 0 fully saturated rings. The van der Waals surface area contributed by atoms with Crippen molar-refractivity contribution in [1.29, 1.82) is 0 Å². The summed E-state index contributed by atoms with van der Waals surface area (Å²) in [6, 6.07) is 1.99. The number of aryl methyl sites for hydroxylation is 1. The molecule has 108 valence electrons. The van der Waals surface area contributed by atoms with Crippen LogP contribution in [-0.4, -0.2) is 30.4 Å². The largest absolute Gasteiger partial charge is 0.388 e. The molecule has 19 heavy (non-hydrogen) atoms. The second-order valence-corrected chi connectivity index (χ2v) is 6.99. The van der Waals surface area contributed by atoms with Gasteiger partial charge in [-0.3, -0.25) is 0 Å². The number of rotatable bonds is 5. The lowest BCUT2D eigenvalue weighted by molar-refractivity contribution is 0.155. The van der Waals surface area contributed by atoms with E-state index >= 15 is 0 Å². The van der Waals surface area contributed by atoms with E-state index in [2.05, 4.69) is 4.72 Å². The monoisotopic (exact) mass is 286 g/mol. The SMILES string of the molecule is CCNS(=O)(=O)CCn1c(C)cc2c1CCCC2O. The maximum Gasteiger partial charge on any atom is 0.213 e. The molecule has 1 aliphatic rings. The minimum Gasteiger partial charge on any atom is -0.388 e. The number of aromatic nitrogens is 1. The Labute approximate surface area is 114 Å². The van der Waals surface area contributed by atoms with Crippen molar-refractivity contribution in [2.75, 3.05) is 12.3 Å². The third-order valence-electron chi connectivity index (χ3n) is 3.65. The number of sulfonamides is 1. The molecule has 1 aromatic heterocycles. The first-order valence-electron chi connectivity index (χ1n) is 6.79. The molecule has 2 rings (SSSR count). The van der Waals surface area contributed by atoms with Crippen LogP contribution in [0.25, 0.3) is 0 Å². The van der Waals surface area contributed by atoms with Crippen molar-refractivity contribution in [3.8, 4) is 0 Å². The molecule has 5 nitrogen and oxygen atoms in total. The lowest BCUT2D eigenvalue weighted by Gasteiger charge is -2.20. The van der Waals surface area contributed by atoms with Crippen molar-refractivity contribution in [1.82, 2.24) is 9.29 Å². The highest BCUT2D eigenvalue weighted by Crippen LogP contribution is 2.32. The Hall–Kier alpha value is -0.850. The molecular formula is C13H22N2O3S. The second-order valence-electron chi connectivity index (χ2n) is 5.06. The summed E-state index contributed by atoms with van der Waals surface area (Å²) in [6.07, 6.45) is 2.28. The highest BCUT2D eigenvalue weighted by Gasteiger charge is 2.23. The van der Waals surface area contributed by atoms with E-state index in [4.69, 9.17) is 0 Å². The molecule has 0 aliphatic heterocycles. The lowest BCUT2D eigenvalue weighted by Crippen LogP contribution is -2.28. The molecule has 0 amide bonds. The summed E-state index contributed by atoms with van der Waals surface area (Å²) in [4.78, 5) is 0. The van der Waals surface area contributed by atoms with Gasteiger partial charge in [0.05, 0.1) is 11.9 Å². The maximum atomic E-state index is 11.7. The van der Waals surface area contributed by atoms with Gasteiger partial charge in [0.25, 0.3) is 0 Å². The molecule has 0 bridgehead atoms. The summed E-state index contributed by atoms with van der Waals surface area (Å²) in [5.74, 6) is 0.0822. The zero-order valence-corrected chi connectivity index (χ0v) is 12.3. The van der Waals surface area contributed by atoms with E-state index in [0.29, 0.717) is 13.1 Å². The maximum absolute atomic E-state index is 11.7. The second kappa shape index (κ2) is 5.64. The van der Waals surface area contributed by atoms with Gasteiger partial charge in [0.15, 0.2) is 0 Å². The fourth-order valence-electron chi connectivity index (χ4n) is 2.76. The van der Waals surface area contributed by atoms with Crippen LogP contribution in [0.5, 0.6) is 0 Å². The Morgan fingerprint density at radius 1 is 1.53 bits per heavy atom. The molecule has 2 N–H and O–H groups in total. The Kier molecular flexibility index (Phi) is 4.32. The zero-order valence-electron chi connectivity index (χ0n) is 11.5. The summed E-state index contributed by atoms with van der Waals surface area (Å²) < 4.78 is 27.9. The van der Waals surface area contributed by atoms with Gasteiger partial charge in [-0.25, -0.2) is 13.1 Å². The van der Waals surface area contributed by atoms with Crippen molar-refractivity contribution >= 4 is 10.0 Å². The summed E-state index contributed by atoms with van der Waals surface area (Å²) in [5.41, 5.74) is 3.10. The van der Waals surface area contributed by atoms with Crippen molar-refractivity contribution in [2.45, 2.75) is 45.8 Å². The van der Waals surface area contributed by atoms with Crippen LogP contribution in [0.1, 0.15) is 42.8 Å². The number of aliphatic hydroxyl groups is 1. The van der Waals surface area contributed by atoms with E-state index in [9.17, 15) is 13.5 Å². The molecule has 0 spiro atoms. The third kappa shape index (κ3) is 3.19. The normalized spacial score (nSPS) is 19.4. The van der Waals surface area contributed by atoms with Crippen LogP contribution in [-0.2, 0) is 23.0 Å². The summed E-state index contributed by atoms with van der Waals surface area (Å²) in [5, 5.41) is 9.97. The van der Waals surface area contributed by atoms with Gasteiger partial charge in [-0.15, -0.1) is 0 Å². The van der Waals surface area contributed by atoms with Gasteiger partial charge >= 0.3 is 0 Å². The predicted octanol–water partition coefficient (Wildman–Crippen LogP) is 1.11. The van der Waals surface area contributed by atoms with Crippen molar-refractivity contribution in [2.24, 2.45) is 0 Å².